The van der Waals surface area contributed by atoms with Crippen LogP contribution in [0.1, 0.15) is 12.8 Å². The second kappa shape index (κ2) is 4.49. The molecule has 2 heterocycles. The molecule has 1 aliphatic heterocycles. The smallest absolute Gasteiger partial charge is 0.231 e. The zero-order valence-corrected chi connectivity index (χ0v) is 8.99. The Labute approximate surface area is 89.7 Å². The third-order valence-corrected chi connectivity index (χ3v) is 2.95. The molecule has 0 saturated carbocycles. The van der Waals surface area contributed by atoms with E-state index in [-0.39, 0.29) is 11.8 Å². The third-order valence-electron chi connectivity index (χ3n) is 2.95. The van der Waals surface area contributed by atoms with E-state index < -0.39 is 0 Å². The molecule has 0 bridgehead atoms. The summed E-state index contributed by atoms with van der Waals surface area (Å²) < 4.78 is 0. The Morgan fingerprint density at radius 1 is 1.60 bits per heavy atom. The topological polar surface area (TPSA) is 48.1 Å². The zero-order valence-electron chi connectivity index (χ0n) is 8.99. The Bertz CT molecular complexity index is 315. The summed E-state index contributed by atoms with van der Waals surface area (Å²) in [6, 6.07) is 1.91. The van der Waals surface area contributed by atoms with Crippen molar-refractivity contribution in [1.29, 1.82) is 0 Å². The van der Waals surface area contributed by atoms with Gasteiger partial charge in [0.2, 0.25) is 5.91 Å². The summed E-state index contributed by atoms with van der Waals surface area (Å²) in [6.07, 6.45) is 5.77. The van der Waals surface area contributed by atoms with Crippen LogP contribution in [0.2, 0.25) is 0 Å². The van der Waals surface area contributed by atoms with Gasteiger partial charge in [-0.2, -0.15) is 0 Å². The standard InChI is InChI=1S/C11H17N3O/c1-14(10-4-6-13-8-10)11(15)9-3-2-5-12-7-9/h4,6,8-9,12-13H,2-3,5,7H2,1H3. The van der Waals surface area contributed by atoms with Crippen LogP contribution in [0.4, 0.5) is 5.69 Å². The molecular weight excluding hydrogens is 190 g/mol. The first kappa shape index (κ1) is 10.2. The summed E-state index contributed by atoms with van der Waals surface area (Å²) in [4.78, 5) is 16.8. The predicted octanol–water partition coefficient (Wildman–Crippen LogP) is 0.977. The van der Waals surface area contributed by atoms with Crippen LogP contribution in [0.3, 0.4) is 0 Å². The van der Waals surface area contributed by atoms with Gasteiger partial charge in [-0.25, -0.2) is 0 Å². The molecule has 2 N–H and O–H groups in total. The maximum atomic E-state index is 12.1. The van der Waals surface area contributed by atoms with Crippen LogP contribution in [0.5, 0.6) is 0 Å². The Kier molecular flexibility index (Phi) is 3.06. The van der Waals surface area contributed by atoms with Crippen LogP contribution >= 0.6 is 0 Å². The van der Waals surface area contributed by atoms with Gasteiger partial charge in [0.1, 0.15) is 0 Å². The van der Waals surface area contributed by atoms with Crippen molar-refractivity contribution in [2.45, 2.75) is 12.8 Å². The zero-order chi connectivity index (χ0) is 10.7. The van der Waals surface area contributed by atoms with Gasteiger partial charge < -0.3 is 15.2 Å². The fourth-order valence-electron chi connectivity index (χ4n) is 1.99. The molecule has 1 unspecified atom stereocenters. The molecule has 1 fully saturated rings. The van der Waals surface area contributed by atoms with Crippen LogP contribution in [0.15, 0.2) is 18.5 Å². The molecule has 15 heavy (non-hydrogen) atoms. The van der Waals surface area contributed by atoms with Crippen LogP contribution in [-0.2, 0) is 4.79 Å². The van der Waals surface area contributed by atoms with Gasteiger partial charge in [0, 0.05) is 26.0 Å². The number of nitrogens with one attached hydrogen (secondary N) is 2. The highest BCUT2D eigenvalue weighted by atomic mass is 16.2. The van der Waals surface area contributed by atoms with E-state index in [9.17, 15) is 4.79 Å². The largest absolute Gasteiger partial charge is 0.366 e. The number of nitrogens with zero attached hydrogens (tertiary/aromatic N) is 1. The Hall–Kier alpha value is -1.29. The summed E-state index contributed by atoms with van der Waals surface area (Å²) in [5.74, 6) is 0.348. The fourth-order valence-corrected chi connectivity index (χ4v) is 1.99. The molecule has 82 valence electrons. The lowest BCUT2D eigenvalue weighted by molar-refractivity contribution is -0.122. The highest BCUT2D eigenvalue weighted by Crippen LogP contribution is 2.17. The minimum Gasteiger partial charge on any atom is -0.366 e. The minimum atomic E-state index is 0.138. The maximum Gasteiger partial charge on any atom is 0.231 e. The molecule has 1 aromatic heterocycles. The number of hydrogen-bond donors (Lipinski definition) is 2. The quantitative estimate of drug-likeness (QED) is 0.759. The van der Waals surface area contributed by atoms with Crippen molar-refractivity contribution in [3.05, 3.63) is 18.5 Å². The van der Waals surface area contributed by atoms with E-state index in [0.29, 0.717) is 0 Å². The molecule has 1 aliphatic rings. The molecule has 0 aromatic carbocycles. The normalized spacial score (nSPS) is 21.3. The number of anilines is 1. The van der Waals surface area contributed by atoms with E-state index in [0.717, 1.165) is 31.6 Å². The molecule has 1 amide bonds. The molecule has 0 radical (unpaired) electrons. The summed E-state index contributed by atoms with van der Waals surface area (Å²) in [7, 11) is 1.83. The molecule has 0 aliphatic carbocycles. The lowest BCUT2D eigenvalue weighted by atomic mass is 9.98. The first-order chi connectivity index (χ1) is 7.29. The van der Waals surface area contributed by atoms with Crippen LogP contribution < -0.4 is 10.2 Å². The van der Waals surface area contributed by atoms with Gasteiger partial charge in [0.05, 0.1) is 11.6 Å². The summed E-state index contributed by atoms with van der Waals surface area (Å²) >= 11 is 0. The van der Waals surface area contributed by atoms with E-state index >= 15 is 0 Å². The van der Waals surface area contributed by atoms with Gasteiger partial charge in [0.15, 0.2) is 0 Å². The number of carbonyl (C=O) groups excluding carboxylic acids is 1. The van der Waals surface area contributed by atoms with E-state index in [1.807, 2.05) is 25.5 Å². The first-order valence-corrected chi connectivity index (χ1v) is 5.40. The highest BCUT2D eigenvalue weighted by Gasteiger charge is 2.24. The average molecular weight is 207 g/mol. The van der Waals surface area contributed by atoms with E-state index in [1.165, 1.54) is 0 Å². The molecule has 1 atom stereocenters. The second-order valence-corrected chi connectivity index (χ2v) is 4.01. The van der Waals surface area contributed by atoms with Crippen molar-refractivity contribution in [2.75, 3.05) is 25.0 Å². The van der Waals surface area contributed by atoms with Crippen molar-refractivity contribution < 1.29 is 4.79 Å². The fraction of sp³-hybridized carbons (Fsp3) is 0.545. The SMILES string of the molecule is CN(C(=O)C1CCCNC1)c1cc[nH]c1. The van der Waals surface area contributed by atoms with Gasteiger partial charge >= 0.3 is 0 Å². The number of piperidine rings is 1. The molecule has 0 spiro atoms. The minimum absolute atomic E-state index is 0.138. The Balaban J connectivity index is 2.00. The number of H-pyrrole nitrogens is 1. The summed E-state index contributed by atoms with van der Waals surface area (Å²) in [5.41, 5.74) is 0.936. The maximum absolute atomic E-state index is 12.1. The Morgan fingerprint density at radius 3 is 3.07 bits per heavy atom. The average Bonchev–Trinajstić information content (AvgIpc) is 2.82. The van der Waals surface area contributed by atoms with Gasteiger partial charge in [-0.1, -0.05) is 0 Å². The molecule has 1 saturated heterocycles. The van der Waals surface area contributed by atoms with Crippen molar-refractivity contribution in [3.63, 3.8) is 0 Å². The highest BCUT2D eigenvalue weighted by molar-refractivity contribution is 5.94. The number of aromatic nitrogens is 1. The molecule has 4 nitrogen and oxygen atoms in total. The lowest BCUT2D eigenvalue weighted by Crippen LogP contribution is -2.41. The lowest BCUT2D eigenvalue weighted by Gasteiger charge is -2.26. The number of carbonyl (C=O) groups is 1. The van der Waals surface area contributed by atoms with E-state index in [4.69, 9.17) is 0 Å². The van der Waals surface area contributed by atoms with Crippen LogP contribution in [-0.4, -0.2) is 31.0 Å². The Morgan fingerprint density at radius 2 is 2.47 bits per heavy atom. The third kappa shape index (κ3) is 2.21. The van der Waals surface area contributed by atoms with Crippen molar-refractivity contribution >= 4 is 11.6 Å². The van der Waals surface area contributed by atoms with Crippen molar-refractivity contribution in [3.8, 4) is 0 Å². The van der Waals surface area contributed by atoms with Crippen LogP contribution in [0.25, 0.3) is 0 Å². The van der Waals surface area contributed by atoms with Crippen molar-refractivity contribution in [1.82, 2.24) is 10.3 Å². The van der Waals surface area contributed by atoms with Crippen molar-refractivity contribution in [2.24, 2.45) is 5.92 Å². The molecule has 2 rings (SSSR count). The summed E-state index contributed by atoms with van der Waals surface area (Å²) in [6.45, 7) is 1.85. The van der Waals surface area contributed by atoms with Gasteiger partial charge in [-0.3, -0.25) is 4.79 Å². The second-order valence-electron chi connectivity index (χ2n) is 4.01. The number of hydrogen-bond acceptors (Lipinski definition) is 2. The number of amides is 1. The van der Waals surface area contributed by atoms with E-state index in [1.54, 1.807) is 4.90 Å². The summed E-state index contributed by atoms with van der Waals surface area (Å²) in [5, 5.41) is 3.26. The molecule has 1 aromatic rings. The van der Waals surface area contributed by atoms with Gasteiger partial charge in [-0.05, 0) is 25.5 Å². The van der Waals surface area contributed by atoms with Gasteiger partial charge in [0.25, 0.3) is 0 Å². The number of rotatable bonds is 2. The van der Waals surface area contributed by atoms with Gasteiger partial charge in [-0.15, -0.1) is 0 Å². The monoisotopic (exact) mass is 207 g/mol. The number of aromatic amines is 1. The van der Waals surface area contributed by atoms with E-state index in [2.05, 4.69) is 10.3 Å². The van der Waals surface area contributed by atoms with Crippen LogP contribution in [0, 0.1) is 5.92 Å². The first-order valence-electron chi connectivity index (χ1n) is 5.40. The molecular formula is C11H17N3O. The molecule has 4 heteroatoms. The predicted molar refractivity (Wildman–Crippen MR) is 59.8 cm³/mol.